The molecule has 0 aliphatic rings. The summed E-state index contributed by atoms with van der Waals surface area (Å²) in [6, 6.07) is 3.22. The zero-order valence-corrected chi connectivity index (χ0v) is 12.6. The van der Waals surface area contributed by atoms with Gasteiger partial charge >= 0.3 is 0 Å². The number of anilines is 1. The van der Waals surface area contributed by atoms with E-state index >= 15 is 0 Å². The van der Waals surface area contributed by atoms with Crippen LogP contribution in [0.4, 0.5) is 5.69 Å². The Kier molecular flexibility index (Phi) is 5.71. The van der Waals surface area contributed by atoms with Gasteiger partial charge in [-0.25, -0.2) is 13.4 Å². The molecule has 0 unspecified atom stereocenters. The summed E-state index contributed by atoms with van der Waals surface area (Å²) in [7, 11) is -0.418. The van der Waals surface area contributed by atoms with E-state index in [1.54, 1.807) is 26.3 Å². The van der Waals surface area contributed by atoms with Crippen molar-refractivity contribution in [1.82, 2.24) is 9.29 Å². The first-order valence-electron chi connectivity index (χ1n) is 6.08. The smallest absolute Gasteiger partial charge is 0.262 e. The molecule has 0 aliphatic carbocycles. The summed E-state index contributed by atoms with van der Waals surface area (Å²) in [6.45, 7) is 4.31. The lowest BCUT2D eigenvalue weighted by atomic mass is 10.4. The molecule has 0 bridgehead atoms. The summed E-state index contributed by atoms with van der Waals surface area (Å²) in [5.41, 5.74) is 0.491. The van der Waals surface area contributed by atoms with Gasteiger partial charge in [-0.2, -0.15) is 4.31 Å². The minimum Gasteiger partial charge on any atom is -0.386 e. The number of methoxy groups -OCH3 is 1. The molecular formula is C12H21N3O3S. The van der Waals surface area contributed by atoms with Crippen LogP contribution in [0.15, 0.2) is 23.4 Å². The lowest BCUT2D eigenvalue weighted by molar-refractivity contribution is 0.170. The first-order chi connectivity index (χ1) is 8.95. The molecular weight excluding hydrogens is 266 g/mol. The maximum Gasteiger partial charge on any atom is 0.262 e. The van der Waals surface area contributed by atoms with Crippen molar-refractivity contribution in [3.8, 4) is 0 Å². The molecule has 1 N–H and O–H groups in total. The monoisotopic (exact) mass is 287 g/mol. The fourth-order valence-electron chi connectivity index (χ4n) is 1.73. The number of hydrogen-bond acceptors (Lipinski definition) is 5. The van der Waals surface area contributed by atoms with Gasteiger partial charge in [0.1, 0.15) is 0 Å². The van der Waals surface area contributed by atoms with E-state index in [0.717, 1.165) is 0 Å². The van der Waals surface area contributed by atoms with E-state index in [4.69, 9.17) is 4.74 Å². The molecule has 0 amide bonds. The highest BCUT2D eigenvalue weighted by Gasteiger charge is 2.29. The largest absolute Gasteiger partial charge is 0.386 e. The molecule has 0 aliphatic heterocycles. The third-order valence-electron chi connectivity index (χ3n) is 2.69. The fourth-order valence-corrected chi connectivity index (χ4v) is 3.47. The van der Waals surface area contributed by atoms with Crippen molar-refractivity contribution in [2.75, 3.05) is 32.6 Å². The summed E-state index contributed by atoms with van der Waals surface area (Å²) >= 11 is 0. The van der Waals surface area contributed by atoms with E-state index in [9.17, 15) is 8.42 Å². The lowest BCUT2D eigenvalue weighted by Gasteiger charge is -2.25. The molecule has 7 heteroatoms. The predicted molar refractivity (Wildman–Crippen MR) is 74.7 cm³/mol. The molecule has 1 aromatic rings. The number of aromatic nitrogens is 1. The van der Waals surface area contributed by atoms with Crippen molar-refractivity contribution < 1.29 is 13.2 Å². The Hall–Kier alpha value is -1.18. The van der Waals surface area contributed by atoms with Gasteiger partial charge in [0.25, 0.3) is 10.0 Å². The summed E-state index contributed by atoms with van der Waals surface area (Å²) in [4.78, 5) is 4.00. The molecule has 1 aromatic heterocycles. The van der Waals surface area contributed by atoms with Crippen molar-refractivity contribution in [1.29, 1.82) is 0 Å². The molecule has 0 aromatic carbocycles. The Morgan fingerprint density at radius 3 is 2.68 bits per heavy atom. The SMILES string of the molecule is CNc1cccnc1S(=O)(=O)N(CCOC)C(C)C. The molecule has 0 spiro atoms. The molecule has 6 nitrogen and oxygen atoms in total. The van der Waals surface area contributed by atoms with E-state index in [2.05, 4.69) is 10.3 Å². The molecule has 1 rings (SSSR count). The Morgan fingerprint density at radius 2 is 2.16 bits per heavy atom. The average molecular weight is 287 g/mol. The molecule has 0 fully saturated rings. The van der Waals surface area contributed by atoms with Gasteiger partial charge < -0.3 is 10.1 Å². The Bertz CT molecular complexity index is 503. The van der Waals surface area contributed by atoms with Crippen LogP contribution < -0.4 is 5.32 Å². The fraction of sp³-hybridized carbons (Fsp3) is 0.583. The third kappa shape index (κ3) is 3.65. The van der Waals surface area contributed by atoms with Crippen molar-refractivity contribution in [2.45, 2.75) is 24.9 Å². The predicted octanol–water partition coefficient (Wildman–Crippen LogP) is 1.17. The van der Waals surface area contributed by atoms with Gasteiger partial charge in [-0.1, -0.05) is 0 Å². The maximum absolute atomic E-state index is 12.6. The van der Waals surface area contributed by atoms with E-state index in [-0.39, 0.29) is 11.1 Å². The molecule has 0 radical (unpaired) electrons. The third-order valence-corrected chi connectivity index (χ3v) is 4.72. The van der Waals surface area contributed by atoms with Crippen molar-refractivity contribution in [2.24, 2.45) is 0 Å². The standard InChI is InChI=1S/C12H21N3O3S/c1-10(2)15(8-9-18-4)19(16,17)12-11(13-3)6-5-7-14-12/h5-7,10,13H,8-9H2,1-4H3. The normalized spacial score (nSPS) is 12.1. The topological polar surface area (TPSA) is 71.5 Å². The van der Waals surface area contributed by atoms with Gasteiger partial charge in [0, 0.05) is 32.9 Å². The van der Waals surface area contributed by atoms with E-state index in [1.165, 1.54) is 10.5 Å². The van der Waals surface area contributed by atoms with Gasteiger partial charge in [-0.15, -0.1) is 0 Å². The van der Waals surface area contributed by atoms with Gasteiger partial charge in [0.05, 0.1) is 12.3 Å². The molecule has 108 valence electrons. The number of nitrogens with zero attached hydrogens (tertiary/aromatic N) is 2. The first kappa shape index (κ1) is 15.9. The van der Waals surface area contributed by atoms with Crippen molar-refractivity contribution >= 4 is 15.7 Å². The van der Waals surface area contributed by atoms with Crippen LogP contribution in [0.25, 0.3) is 0 Å². The molecule has 0 saturated heterocycles. The second kappa shape index (κ2) is 6.83. The van der Waals surface area contributed by atoms with Crippen molar-refractivity contribution in [3.05, 3.63) is 18.3 Å². The van der Waals surface area contributed by atoms with Crippen LogP contribution in [0.5, 0.6) is 0 Å². The number of nitrogens with one attached hydrogen (secondary N) is 1. The number of ether oxygens (including phenoxy) is 1. The number of pyridine rings is 1. The lowest BCUT2D eigenvalue weighted by Crippen LogP contribution is -2.39. The summed E-state index contributed by atoms with van der Waals surface area (Å²) in [5, 5.41) is 2.90. The van der Waals surface area contributed by atoms with Crippen LogP contribution in [-0.2, 0) is 14.8 Å². The molecule has 0 saturated carbocycles. The number of sulfonamides is 1. The summed E-state index contributed by atoms with van der Waals surface area (Å²) in [6.07, 6.45) is 1.47. The highest BCUT2D eigenvalue weighted by atomic mass is 32.2. The van der Waals surface area contributed by atoms with E-state index in [1.807, 2.05) is 13.8 Å². The Balaban J connectivity index is 3.19. The highest BCUT2D eigenvalue weighted by molar-refractivity contribution is 7.89. The minimum absolute atomic E-state index is 0.0438. The first-order valence-corrected chi connectivity index (χ1v) is 7.52. The van der Waals surface area contributed by atoms with Gasteiger partial charge in [-0.05, 0) is 26.0 Å². The minimum atomic E-state index is -3.64. The second-order valence-corrected chi connectivity index (χ2v) is 6.11. The quantitative estimate of drug-likeness (QED) is 0.815. The van der Waals surface area contributed by atoms with Crippen LogP contribution in [0.3, 0.4) is 0 Å². The zero-order valence-electron chi connectivity index (χ0n) is 11.8. The number of hydrogen-bond donors (Lipinski definition) is 1. The van der Waals surface area contributed by atoms with Crippen LogP contribution in [0.1, 0.15) is 13.8 Å². The summed E-state index contributed by atoms with van der Waals surface area (Å²) < 4.78 is 31.6. The average Bonchev–Trinajstić information content (AvgIpc) is 2.38. The Labute approximate surface area is 114 Å². The van der Waals surface area contributed by atoms with Crippen LogP contribution in [0.2, 0.25) is 0 Å². The zero-order chi connectivity index (χ0) is 14.5. The van der Waals surface area contributed by atoms with Crippen LogP contribution in [0, 0.1) is 0 Å². The second-order valence-electron chi connectivity index (χ2n) is 4.31. The Morgan fingerprint density at radius 1 is 1.47 bits per heavy atom. The van der Waals surface area contributed by atoms with E-state index < -0.39 is 10.0 Å². The van der Waals surface area contributed by atoms with Gasteiger partial charge in [0.15, 0.2) is 5.03 Å². The number of rotatable bonds is 7. The molecule has 19 heavy (non-hydrogen) atoms. The highest BCUT2D eigenvalue weighted by Crippen LogP contribution is 2.22. The maximum atomic E-state index is 12.6. The van der Waals surface area contributed by atoms with Gasteiger partial charge in [-0.3, -0.25) is 0 Å². The van der Waals surface area contributed by atoms with Crippen molar-refractivity contribution in [3.63, 3.8) is 0 Å². The summed E-state index contributed by atoms with van der Waals surface area (Å²) in [5.74, 6) is 0. The van der Waals surface area contributed by atoms with E-state index in [0.29, 0.717) is 18.8 Å². The molecule has 1 heterocycles. The van der Waals surface area contributed by atoms with Gasteiger partial charge in [0.2, 0.25) is 0 Å². The van der Waals surface area contributed by atoms with Crippen LogP contribution >= 0.6 is 0 Å². The molecule has 0 atom stereocenters. The van der Waals surface area contributed by atoms with Crippen LogP contribution in [-0.4, -0.2) is 51.1 Å².